The zero-order valence-electron chi connectivity index (χ0n) is 8.01. The molecule has 0 saturated carbocycles. The lowest BCUT2D eigenvalue weighted by atomic mass is 10.1. The molecule has 0 aliphatic carbocycles. The van der Waals surface area contributed by atoms with Crippen LogP contribution in [-0.4, -0.2) is 20.8 Å². The second-order valence-electron chi connectivity index (χ2n) is 2.95. The second kappa shape index (κ2) is 5.08. The molecule has 92 valence electrons. The van der Waals surface area contributed by atoms with Crippen LogP contribution in [0, 0.1) is 5.82 Å². The normalized spacial score (nSPS) is 11.1. The number of hydrogen-bond acceptors (Lipinski definition) is 2. The van der Waals surface area contributed by atoms with Gasteiger partial charge in [0.2, 0.25) is 0 Å². The Morgan fingerprint density at radius 2 is 1.88 bits per heavy atom. The van der Waals surface area contributed by atoms with Gasteiger partial charge in [-0.1, -0.05) is 34.8 Å². The fraction of sp³-hybridized carbons (Fsp3) is 0.111. The van der Waals surface area contributed by atoms with Gasteiger partial charge in [0.25, 0.3) is 9.70 Å². The van der Waals surface area contributed by atoms with Crippen molar-refractivity contribution >= 4 is 52.4 Å². The zero-order chi connectivity index (χ0) is 13.2. The Labute approximate surface area is 110 Å². The summed E-state index contributed by atoms with van der Waals surface area (Å²) in [6.07, 6.45) is 0. The topological polar surface area (TPSA) is 66.4 Å². The number of hydrogen-bond donors (Lipinski definition) is 2. The summed E-state index contributed by atoms with van der Waals surface area (Å²) >= 11 is 15.9. The van der Waals surface area contributed by atoms with Crippen molar-refractivity contribution < 1.29 is 19.1 Å². The SMILES string of the molecule is O=C(O)c1cc(F)ccc1NC(=O)C(Cl)(Cl)Cl. The van der Waals surface area contributed by atoms with E-state index in [1.54, 1.807) is 0 Å². The van der Waals surface area contributed by atoms with Crippen LogP contribution in [0.15, 0.2) is 18.2 Å². The van der Waals surface area contributed by atoms with Crippen LogP contribution in [0.2, 0.25) is 0 Å². The second-order valence-corrected chi connectivity index (χ2v) is 5.23. The highest BCUT2D eigenvalue weighted by molar-refractivity contribution is 6.76. The molecule has 0 fully saturated rings. The first-order valence-corrected chi connectivity index (χ1v) is 5.26. The summed E-state index contributed by atoms with van der Waals surface area (Å²) in [4.78, 5) is 22.1. The molecule has 0 bridgehead atoms. The molecule has 0 aliphatic heterocycles. The first-order valence-electron chi connectivity index (χ1n) is 4.13. The van der Waals surface area contributed by atoms with Gasteiger partial charge in [0.15, 0.2) is 0 Å². The van der Waals surface area contributed by atoms with Crippen molar-refractivity contribution in [2.45, 2.75) is 3.79 Å². The molecule has 0 unspecified atom stereocenters. The van der Waals surface area contributed by atoms with Crippen molar-refractivity contribution in [3.8, 4) is 0 Å². The number of carboxylic acids is 1. The number of rotatable bonds is 2. The van der Waals surface area contributed by atoms with Gasteiger partial charge in [-0.3, -0.25) is 4.79 Å². The third-order valence-electron chi connectivity index (χ3n) is 1.72. The number of benzene rings is 1. The fourth-order valence-corrected chi connectivity index (χ4v) is 1.14. The van der Waals surface area contributed by atoms with E-state index in [-0.39, 0.29) is 5.69 Å². The average molecular weight is 300 g/mol. The Balaban J connectivity index is 3.07. The summed E-state index contributed by atoms with van der Waals surface area (Å²) in [6.45, 7) is 0. The molecule has 1 aromatic rings. The standard InChI is InChI=1S/C9H5Cl3FNO3/c10-9(11,12)8(17)14-6-2-1-4(13)3-5(6)7(15)16/h1-3H,(H,14,17)(H,15,16). The van der Waals surface area contributed by atoms with E-state index in [2.05, 4.69) is 5.32 Å². The largest absolute Gasteiger partial charge is 0.478 e. The fourth-order valence-electron chi connectivity index (χ4n) is 0.996. The number of alkyl halides is 3. The Bertz CT molecular complexity index is 473. The number of anilines is 1. The van der Waals surface area contributed by atoms with Gasteiger partial charge in [-0.25, -0.2) is 9.18 Å². The van der Waals surface area contributed by atoms with E-state index in [0.29, 0.717) is 0 Å². The molecule has 0 saturated heterocycles. The van der Waals surface area contributed by atoms with Crippen molar-refractivity contribution in [1.29, 1.82) is 0 Å². The third kappa shape index (κ3) is 3.73. The number of halogens is 4. The molecular weight excluding hydrogens is 295 g/mol. The minimum atomic E-state index is -2.23. The lowest BCUT2D eigenvalue weighted by molar-refractivity contribution is -0.115. The summed E-state index contributed by atoms with van der Waals surface area (Å²) in [5.41, 5.74) is -0.595. The molecule has 0 spiro atoms. The highest BCUT2D eigenvalue weighted by Gasteiger charge is 2.31. The van der Waals surface area contributed by atoms with Gasteiger partial charge in [-0.15, -0.1) is 0 Å². The maximum Gasteiger partial charge on any atom is 0.337 e. The molecule has 0 radical (unpaired) electrons. The predicted molar refractivity (Wildman–Crippen MR) is 62.3 cm³/mol. The van der Waals surface area contributed by atoms with E-state index in [0.717, 1.165) is 18.2 Å². The number of aromatic carboxylic acids is 1. The van der Waals surface area contributed by atoms with Crippen molar-refractivity contribution in [2.24, 2.45) is 0 Å². The monoisotopic (exact) mass is 299 g/mol. The summed E-state index contributed by atoms with van der Waals surface area (Å²) < 4.78 is 10.6. The van der Waals surface area contributed by atoms with Gasteiger partial charge >= 0.3 is 5.97 Å². The average Bonchev–Trinajstić information content (AvgIpc) is 2.18. The third-order valence-corrected chi connectivity index (χ3v) is 2.23. The molecular formula is C9H5Cl3FNO3. The van der Waals surface area contributed by atoms with Gasteiger partial charge in [-0.05, 0) is 18.2 Å². The summed E-state index contributed by atoms with van der Waals surface area (Å²) in [7, 11) is 0. The van der Waals surface area contributed by atoms with Gasteiger partial charge in [-0.2, -0.15) is 0 Å². The first-order chi connectivity index (χ1) is 7.71. The minimum absolute atomic E-state index is 0.157. The maximum absolute atomic E-state index is 12.8. The number of carbonyl (C=O) groups excluding carboxylic acids is 1. The van der Waals surface area contributed by atoms with Crippen LogP contribution < -0.4 is 5.32 Å². The maximum atomic E-state index is 12.8. The quantitative estimate of drug-likeness (QED) is 0.825. The van der Waals surface area contributed by atoms with Crippen LogP contribution in [0.5, 0.6) is 0 Å². The van der Waals surface area contributed by atoms with E-state index in [9.17, 15) is 14.0 Å². The molecule has 1 amide bonds. The molecule has 4 nitrogen and oxygen atoms in total. The van der Waals surface area contributed by atoms with Crippen molar-refractivity contribution in [3.63, 3.8) is 0 Å². The summed E-state index contributed by atoms with van der Waals surface area (Å²) in [6, 6.07) is 2.78. The molecule has 0 atom stereocenters. The lowest BCUT2D eigenvalue weighted by Crippen LogP contribution is -2.27. The number of amides is 1. The van der Waals surface area contributed by atoms with E-state index in [4.69, 9.17) is 39.9 Å². The Kier molecular flexibility index (Phi) is 4.19. The Morgan fingerprint density at radius 1 is 1.29 bits per heavy atom. The number of carbonyl (C=O) groups is 2. The van der Waals surface area contributed by atoms with Crippen LogP contribution in [0.4, 0.5) is 10.1 Å². The molecule has 0 aromatic heterocycles. The molecule has 0 aliphatic rings. The van der Waals surface area contributed by atoms with Crippen molar-refractivity contribution in [1.82, 2.24) is 0 Å². The van der Waals surface area contributed by atoms with Gasteiger partial charge < -0.3 is 10.4 Å². The Hall–Kier alpha value is -1.04. The van der Waals surface area contributed by atoms with Crippen LogP contribution in [0.3, 0.4) is 0 Å². The summed E-state index contributed by atoms with van der Waals surface area (Å²) in [5, 5.41) is 10.9. The van der Waals surface area contributed by atoms with Crippen LogP contribution in [0.25, 0.3) is 0 Å². The van der Waals surface area contributed by atoms with Gasteiger partial charge in [0, 0.05) is 0 Å². The van der Waals surface area contributed by atoms with Crippen LogP contribution >= 0.6 is 34.8 Å². The van der Waals surface area contributed by atoms with E-state index >= 15 is 0 Å². The molecule has 0 heterocycles. The van der Waals surface area contributed by atoms with E-state index < -0.39 is 27.0 Å². The van der Waals surface area contributed by atoms with Gasteiger partial charge in [0.05, 0.1) is 11.3 Å². The molecule has 1 rings (SSSR count). The minimum Gasteiger partial charge on any atom is -0.478 e. The molecule has 8 heteroatoms. The van der Waals surface area contributed by atoms with Crippen molar-refractivity contribution in [2.75, 3.05) is 5.32 Å². The lowest BCUT2D eigenvalue weighted by Gasteiger charge is -2.13. The Morgan fingerprint density at radius 3 is 2.35 bits per heavy atom. The number of nitrogens with one attached hydrogen (secondary N) is 1. The van der Waals surface area contributed by atoms with E-state index in [1.165, 1.54) is 0 Å². The van der Waals surface area contributed by atoms with E-state index in [1.807, 2.05) is 0 Å². The van der Waals surface area contributed by atoms with Crippen LogP contribution in [0.1, 0.15) is 10.4 Å². The smallest absolute Gasteiger partial charge is 0.337 e. The highest BCUT2D eigenvalue weighted by Crippen LogP contribution is 2.28. The first kappa shape index (κ1) is 14.0. The van der Waals surface area contributed by atoms with Crippen molar-refractivity contribution in [3.05, 3.63) is 29.6 Å². The van der Waals surface area contributed by atoms with Crippen LogP contribution in [-0.2, 0) is 4.79 Å². The summed E-state index contributed by atoms with van der Waals surface area (Å²) in [5.74, 6) is -3.20. The highest BCUT2D eigenvalue weighted by atomic mass is 35.6. The van der Waals surface area contributed by atoms with Gasteiger partial charge in [0.1, 0.15) is 5.82 Å². The molecule has 2 N–H and O–H groups in total. The molecule has 1 aromatic carbocycles. The zero-order valence-corrected chi connectivity index (χ0v) is 10.3. The molecule has 17 heavy (non-hydrogen) atoms. The predicted octanol–water partition coefficient (Wildman–Crippen LogP) is 2.83. The number of carboxylic acid groups (broad SMARTS) is 1.